The quantitative estimate of drug-likeness (QED) is 0.607. The number of amides is 2. The zero-order valence-electron chi connectivity index (χ0n) is 17.4. The Kier molecular flexibility index (Phi) is 6.38. The van der Waals surface area contributed by atoms with E-state index >= 15 is 0 Å². The molecule has 1 aliphatic rings. The molecule has 1 unspecified atom stereocenters. The molecule has 0 saturated carbocycles. The Balaban J connectivity index is 1.54. The number of rotatable bonds is 5. The number of hydrogen-bond acceptors (Lipinski definition) is 5. The maximum atomic E-state index is 13.4. The molecule has 0 aliphatic carbocycles. The maximum absolute atomic E-state index is 13.4. The van der Waals surface area contributed by atoms with Crippen LogP contribution >= 0.6 is 22.9 Å². The minimum absolute atomic E-state index is 0.0873. The highest BCUT2D eigenvalue weighted by molar-refractivity contribution is 7.13. The SMILES string of the molecule is CC(C)c1c(C(=O)N2CCCC(C(=O)Nc3nccs3)C2)cnn1-c1ccc(Cl)cc1. The van der Waals surface area contributed by atoms with Crippen LogP contribution in [0.15, 0.2) is 42.0 Å². The average Bonchev–Trinajstić information content (AvgIpc) is 3.44. The second-order valence-electron chi connectivity index (χ2n) is 7.90. The number of nitrogens with one attached hydrogen (secondary N) is 1. The highest BCUT2D eigenvalue weighted by atomic mass is 35.5. The van der Waals surface area contributed by atoms with Crippen LogP contribution in [0.25, 0.3) is 5.69 Å². The van der Waals surface area contributed by atoms with Gasteiger partial charge in [0.05, 0.1) is 29.1 Å². The summed E-state index contributed by atoms with van der Waals surface area (Å²) in [6.45, 7) is 5.10. The first-order chi connectivity index (χ1) is 14.9. The molecule has 31 heavy (non-hydrogen) atoms. The maximum Gasteiger partial charge on any atom is 0.257 e. The molecule has 3 heterocycles. The van der Waals surface area contributed by atoms with Crippen molar-refractivity contribution in [3.8, 4) is 5.69 Å². The van der Waals surface area contributed by atoms with Crippen LogP contribution in [0.1, 0.15) is 48.7 Å². The molecular formula is C22H24ClN5O2S. The average molecular weight is 458 g/mol. The van der Waals surface area contributed by atoms with E-state index in [0.717, 1.165) is 24.2 Å². The van der Waals surface area contributed by atoms with Crippen molar-refractivity contribution < 1.29 is 9.59 Å². The van der Waals surface area contributed by atoms with Crippen LogP contribution in [0.5, 0.6) is 0 Å². The van der Waals surface area contributed by atoms with Gasteiger partial charge < -0.3 is 10.2 Å². The summed E-state index contributed by atoms with van der Waals surface area (Å²) < 4.78 is 1.80. The molecule has 0 bridgehead atoms. The Labute approximate surface area is 190 Å². The van der Waals surface area contributed by atoms with Crippen molar-refractivity contribution in [2.45, 2.75) is 32.6 Å². The van der Waals surface area contributed by atoms with Gasteiger partial charge in [0.2, 0.25) is 5.91 Å². The molecule has 7 nitrogen and oxygen atoms in total. The van der Waals surface area contributed by atoms with E-state index in [1.165, 1.54) is 11.3 Å². The Hall–Kier alpha value is -2.71. The van der Waals surface area contributed by atoms with Gasteiger partial charge in [-0.1, -0.05) is 25.4 Å². The number of nitrogens with zero attached hydrogens (tertiary/aromatic N) is 4. The molecule has 1 aromatic carbocycles. The molecule has 1 saturated heterocycles. The Morgan fingerprint density at radius 1 is 1.26 bits per heavy atom. The minimum atomic E-state index is -0.254. The minimum Gasteiger partial charge on any atom is -0.338 e. The molecular weight excluding hydrogens is 434 g/mol. The number of carbonyl (C=O) groups excluding carboxylic acids is 2. The number of hydrogen-bond donors (Lipinski definition) is 1. The molecule has 162 valence electrons. The van der Waals surface area contributed by atoms with Crippen molar-refractivity contribution in [2.24, 2.45) is 5.92 Å². The molecule has 0 radical (unpaired) electrons. The smallest absolute Gasteiger partial charge is 0.257 e. The fraction of sp³-hybridized carbons (Fsp3) is 0.364. The van der Waals surface area contributed by atoms with E-state index in [1.807, 2.05) is 31.4 Å². The second kappa shape index (κ2) is 9.20. The molecule has 3 aromatic rings. The van der Waals surface area contributed by atoms with Gasteiger partial charge in [-0.3, -0.25) is 9.59 Å². The van der Waals surface area contributed by atoms with Gasteiger partial charge in [-0.05, 0) is 43.0 Å². The molecule has 4 rings (SSSR count). The molecule has 1 aliphatic heterocycles. The summed E-state index contributed by atoms with van der Waals surface area (Å²) in [5, 5.41) is 10.4. The number of benzene rings is 1. The van der Waals surface area contributed by atoms with Crippen molar-refractivity contribution in [3.63, 3.8) is 0 Å². The summed E-state index contributed by atoms with van der Waals surface area (Å²) in [5.74, 6) is -0.342. The van der Waals surface area contributed by atoms with Gasteiger partial charge in [-0.25, -0.2) is 9.67 Å². The molecule has 0 spiro atoms. The largest absolute Gasteiger partial charge is 0.338 e. The Morgan fingerprint density at radius 2 is 2.03 bits per heavy atom. The van der Waals surface area contributed by atoms with Crippen LogP contribution in [-0.4, -0.2) is 44.6 Å². The van der Waals surface area contributed by atoms with E-state index in [1.54, 1.807) is 34.1 Å². The topological polar surface area (TPSA) is 80.1 Å². The summed E-state index contributed by atoms with van der Waals surface area (Å²) in [6.07, 6.45) is 4.82. The third kappa shape index (κ3) is 4.65. The molecule has 1 fully saturated rings. The monoisotopic (exact) mass is 457 g/mol. The zero-order chi connectivity index (χ0) is 22.0. The number of likely N-dealkylation sites (tertiary alicyclic amines) is 1. The van der Waals surface area contributed by atoms with E-state index in [2.05, 4.69) is 15.4 Å². The lowest BCUT2D eigenvalue weighted by molar-refractivity contribution is -0.121. The van der Waals surface area contributed by atoms with Crippen molar-refractivity contribution in [1.82, 2.24) is 19.7 Å². The number of piperidine rings is 1. The fourth-order valence-electron chi connectivity index (χ4n) is 3.90. The van der Waals surface area contributed by atoms with E-state index in [9.17, 15) is 9.59 Å². The van der Waals surface area contributed by atoms with Crippen LogP contribution < -0.4 is 5.32 Å². The highest BCUT2D eigenvalue weighted by Crippen LogP contribution is 2.27. The summed E-state index contributed by atoms with van der Waals surface area (Å²) in [7, 11) is 0. The summed E-state index contributed by atoms with van der Waals surface area (Å²) in [4.78, 5) is 31.9. The van der Waals surface area contributed by atoms with Crippen LogP contribution in [0.4, 0.5) is 5.13 Å². The van der Waals surface area contributed by atoms with Crippen molar-refractivity contribution >= 4 is 39.9 Å². The van der Waals surface area contributed by atoms with Crippen LogP contribution in [0.3, 0.4) is 0 Å². The van der Waals surface area contributed by atoms with Crippen molar-refractivity contribution in [3.05, 3.63) is 58.3 Å². The van der Waals surface area contributed by atoms with Crippen LogP contribution in [0, 0.1) is 5.92 Å². The normalized spacial score (nSPS) is 16.5. The third-order valence-electron chi connectivity index (χ3n) is 5.40. The van der Waals surface area contributed by atoms with Crippen molar-refractivity contribution in [1.29, 1.82) is 0 Å². The van der Waals surface area contributed by atoms with Gasteiger partial charge in [0, 0.05) is 29.7 Å². The molecule has 9 heteroatoms. The summed E-state index contributed by atoms with van der Waals surface area (Å²) in [5.41, 5.74) is 2.28. The lowest BCUT2D eigenvalue weighted by Gasteiger charge is -2.32. The van der Waals surface area contributed by atoms with Gasteiger partial charge in [0.15, 0.2) is 5.13 Å². The number of thiazole rings is 1. The molecule has 1 N–H and O–H groups in total. The lowest BCUT2D eigenvalue weighted by Crippen LogP contribution is -2.44. The second-order valence-corrected chi connectivity index (χ2v) is 9.23. The van der Waals surface area contributed by atoms with Crippen LogP contribution in [0.2, 0.25) is 5.02 Å². The summed E-state index contributed by atoms with van der Waals surface area (Å²) >= 11 is 7.40. The van der Waals surface area contributed by atoms with E-state index < -0.39 is 0 Å². The van der Waals surface area contributed by atoms with E-state index in [-0.39, 0.29) is 23.7 Å². The number of anilines is 1. The number of aromatic nitrogens is 3. The predicted octanol–water partition coefficient (Wildman–Crippen LogP) is 4.60. The number of carbonyl (C=O) groups is 2. The van der Waals surface area contributed by atoms with Crippen LogP contribution in [-0.2, 0) is 4.79 Å². The fourth-order valence-corrected chi connectivity index (χ4v) is 4.56. The Bertz CT molecular complexity index is 1060. The lowest BCUT2D eigenvalue weighted by atomic mass is 9.96. The standard InChI is InChI=1S/C22H24ClN5O2S/c1-14(2)19-18(12-25-28(19)17-7-5-16(23)6-8-17)21(30)27-10-3-4-15(13-27)20(29)26-22-24-9-11-31-22/h5-9,11-12,14-15H,3-4,10,13H2,1-2H3,(H,24,26,29). The van der Waals surface area contributed by atoms with Crippen molar-refractivity contribution in [2.75, 3.05) is 18.4 Å². The number of halogens is 1. The third-order valence-corrected chi connectivity index (χ3v) is 6.34. The van der Waals surface area contributed by atoms with E-state index in [0.29, 0.717) is 28.8 Å². The van der Waals surface area contributed by atoms with Gasteiger partial charge in [0.1, 0.15) is 0 Å². The first kappa shape index (κ1) is 21.5. The Morgan fingerprint density at radius 3 is 2.71 bits per heavy atom. The zero-order valence-corrected chi connectivity index (χ0v) is 19.0. The molecule has 2 aromatic heterocycles. The first-order valence-corrected chi connectivity index (χ1v) is 11.5. The summed E-state index contributed by atoms with van der Waals surface area (Å²) in [6, 6.07) is 7.38. The highest BCUT2D eigenvalue weighted by Gasteiger charge is 2.31. The van der Waals surface area contributed by atoms with E-state index in [4.69, 9.17) is 11.6 Å². The van der Waals surface area contributed by atoms with Gasteiger partial charge in [-0.15, -0.1) is 11.3 Å². The predicted molar refractivity (Wildman–Crippen MR) is 122 cm³/mol. The van der Waals surface area contributed by atoms with Gasteiger partial charge in [-0.2, -0.15) is 5.10 Å². The first-order valence-electron chi connectivity index (χ1n) is 10.3. The molecule has 2 amide bonds. The molecule has 1 atom stereocenters. The van der Waals surface area contributed by atoms with Gasteiger partial charge in [0.25, 0.3) is 5.91 Å². The van der Waals surface area contributed by atoms with Gasteiger partial charge >= 0.3 is 0 Å².